The van der Waals surface area contributed by atoms with E-state index in [2.05, 4.69) is 19.9 Å². The molecule has 8 bridgehead atoms. The minimum absolute atomic E-state index is 0. The number of nitrogens with one attached hydrogen (secondary N) is 2. The predicted molar refractivity (Wildman–Crippen MR) is 168 cm³/mol. The number of fused-ring (bicyclic) bond motifs is 8. The van der Waals surface area contributed by atoms with Gasteiger partial charge in [-0.2, -0.15) is 16.8 Å². The van der Waals surface area contributed by atoms with Gasteiger partial charge in [0.1, 0.15) is 0 Å². The van der Waals surface area contributed by atoms with E-state index < -0.39 is 31.7 Å². The Bertz CT molecular complexity index is 2370. The monoisotopic (exact) mass is 698 g/mol. The molecule has 0 saturated heterocycles. The van der Waals surface area contributed by atoms with Crippen LogP contribution in [-0.2, 0) is 20.2 Å². The molecule has 5 aromatic rings. The van der Waals surface area contributed by atoms with Crippen LogP contribution >= 0.6 is 0 Å². The molecule has 7 rings (SSSR count). The molecule has 0 saturated carbocycles. The van der Waals surface area contributed by atoms with Gasteiger partial charge in [-0.15, -0.1) is 0 Å². The summed E-state index contributed by atoms with van der Waals surface area (Å²) in [5.74, 6) is -0.851. The van der Waals surface area contributed by atoms with Gasteiger partial charge < -0.3 is 20.2 Å². The molecule has 16 heteroatoms. The van der Waals surface area contributed by atoms with E-state index in [1.165, 1.54) is 48.5 Å². The summed E-state index contributed by atoms with van der Waals surface area (Å²) >= 11 is 0. The fourth-order valence-corrected chi connectivity index (χ4v) is 6.31. The van der Waals surface area contributed by atoms with E-state index in [4.69, 9.17) is 0 Å². The Labute approximate surface area is 318 Å². The molecular weight excluding hydrogens is 678 g/mol. The van der Waals surface area contributed by atoms with Crippen LogP contribution in [0, 0.1) is 0 Å². The first kappa shape index (κ1) is 35.8. The smallest absolute Gasteiger partial charge is 0.870 e. The van der Waals surface area contributed by atoms with Gasteiger partial charge in [-0.3, -0.25) is 9.11 Å². The van der Waals surface area contributed by atoms with Gasteiger partial charge in [-0.1, -0.05) is 35.8 Å². The Morgan fingerprint density at radius 2 is 0.792 bits per heavy atom. The van der Waals surface area contributed by atoms with Crippen LogP contribution in [0.25, 0.3) is 68.6 Å². The first-order chi connectivity index (χ1) is 21.9. The third-order valence-corrected chi connectivity index (χ3v) is 9.27. The minimum atomic E-state index is -4.44. The molecule has 0 atom stereocenters. The van der Waals surface area contributed by atoms with Gasteiger partial charge in [0, 0.05) is 33.2 Å². The van der Waals surface area contributed by atoms with Crippen LogP contribution < -0.4 is 69.3 Å². The second kappa shape index (κ2) is 13.4. The SMILES string of the molecule is O=S(=O)(O)c1ccc(-c2c3nc(c([O-])c4ccc([nH]4)c(-c4ccc(S(=O)(=O)O)cc4)c4nc(c([O-])c5ccc2[nH]5)C=C4)C=C3)cc1.[Na+].[Na+]. The number of hydrogen-bond acceptors (Lipinski definition) is 8. The van der Waals surface area contributed by atoms with E-state index in [1.54, 1.807) is 48.6 Å². The first-order valence-corrected chi connectivity index (χ1v) is 16.4. The molecule has 0 unspecified atom stereocenters. The summed E-state index contributed by atoms with van der Waals surface area (Å²) in [5.41, 5.74) is 4.19. The Balaban J connectivity index is 0.00000225. The van der Waals surface area contributed by atoms with Gasteiger partial charge in [0.2, 0.25) is 0 Å². The van der Waals surface area contributed by atoms with Crippen molar-refractivity contribution >= 4 is 66.6 Å². The number of benzene rings is 2. The second-order valence-electron chi connectivity index (χ2n) is 10.4. The summed E-state index contributed by atoms with van der Waals surface area (Å²) < 4.78 is 65.4. The molecular formula is C32H20N4Na2O8S2. The summed E-state index contributed by atoms with van der Waals surface area (Å²) in [6.45, 7) is 0. The summed E-state index contributed by atoms with van der Waals surface area (Å²) in [7, 11) is -8.87. The minimum Gasteiger partial charge on any atom is -0.870 e. The third kappa shape index (κ3) is 6.69. The molecule has 0 aliphatic carbocycles. The van der Waals surface area contributed by atoms with Crippen molar-refractivity contribution in [3.63, 3.8) is 0 Å². The van der Waals surface area contributed by atoms with Gasteiger partial charge in [-0.25, -0.2) is 9.97 Å². The Morgan fingerprint density at radius 3 is 1.12 bits per heavy atom. The van der Waals surface area contributed by atoms with Gasteiger partial charge in [0.05, 0.1) is 32.6 Å². The molecule has 4 N–H and O–H groups in total. The summed E-state index contributed by atoms with van der Waals surface area (Å²) in [4.78, 5) is 14.8. The van der Waals surface area contributed by atoms with Crippen molar-refractivity contribution in [2.24, 2.45) is 0 Å². The Kier molecular flexibility index (Phi) is 9.98. The number of aromatic amines is 2. The molecule has 0 radical (unpaired) electrons. The number of rotatable bonds is 4. The molecule has 2 aromatic carbocycles. The average Bonchev–Trinajstić information content (AvgIpc) is 3.84. The van der Waals surface area contributed by atoms with Crippen LogP contribution in [0.15, 0.2) is 82.6 Å². The van der Waals surface area contributed by atoms with E-state index in [0.717, 1.165) is 0 Å². The van der Waals surface area contributed by atoms with Crippen molar-refractivity contribution in [2.75, 3.05) is 0 Å². The number of hydrogen-bond donors (Lipinski definition) is 4. The molecule has 230 valence electrons. The van der Waals surface area contributed by atoms with Crippen molar-refractivity contribution < 1.29 is 95.3 Å². The van der Waals surface area contributed by atoms with E-state index in [1.807, 2.05) is 0 Å². The van der Waals surface area contributed by atoms with Crippen LogP contribution in [0.3, 0.4) is 0 Å². The molecule has 3 aromatic heterocycles. The molecule has 0 spiro atoms. The van der Waals surface area contributed by atoms with Crippen LogP contribution in [0.2, 0.25) is 0 Å². The number of aromatic nitrogens is 4. The summed E-state index contributed by atoms with van der Waals surface area (Å²) in [6.07, 6.45) is 6.34. The largest absolute Gasteiger partial charge is 1.00 e. The number of nitrogens with zero attached hydrogens (tertiary/aromatic N) is 2. The molecule has 0 amide bonds. The quantitative estimate of drug-likeness (QED) is 0.125. The van der Waals surface area contributed by atoms with E-state index in [-0.39, 0.29) is 91.3 Å². The van der Waals surface area contributed by atoms with Crippen LogP contribution in [0.1, 0.15) is 22.8 Å². The summed E-state index contributed by atoms with van der Waals surface area (Å²) in [5, 5.41) is 27.2. The maximum absolute atomic E-state index is 13.6. The van der Waals surface area contributed by atoms with Crippen molar-refractivity contribution in [3.05, 3.63) is 95.6 Å². The van der Waals surface area contributed by atoms with Crippen molar-refractivity contribution in [1.82, 2.24) is 19.9 Å². The van der Waals surface area contributed by atoms with Gasteiger partial charge >= 0.3 is 59.1 Å². The normalized spacial score (nSPS) is 12.4. The van der Waals surface area contributed by atoms with Crippen molar-refractivity contribution in [2.45, 2.75) is 9.79 Å². The fourth-order valence-electron chi connectivity index (χ4n) is 5.35. The standard InChI is InChI=1S/C32H22N4O8S2.2Na/c37-31-25-13-9-21(33-25)29(17-1-5-19(6-2-17)45(39,40)41)22-10-14-26(34-22)32(38)28-16-12-24(36-28)30(23-11-15-27(31)35-23)18-3-7-20(8-4-18)46(42,43)44;;/h1-16,33,36-38H,(H,39,40,41)(H,42,43,44);;/q;2*+1/p-2. The molecule has 48 heavy (non-hydrogen) atoms. The van der Waals surface area contributed by atoms with E-state index in [0.29, 0.717) is 44.7 Å². The zero-order chi connectivity index (χ0) is 32.4. The van der Waals surface area contributed by atoms with E-state index >= 15 is 0 Å². The van der Waals surface area contributed by atoms with Gasteiger partial charge in [0.25, 0.3) is 20.2 Å². The Hall–Kier alpha value is -3.54. The maximum atomic E-state index is 13.6. The molecule has 0 fully saturated rings. The van der Waals surface area contributed by atoms with Gasteiger partial charge in [-0.05, 0) is 84.0 Å². The van der Waals surface area contributed by atoms with E-state index in [9.17, 15) is 36.2 Å². The number of H-pyrrole nitrogens is 2. The van der Waals surface area contributed by atoms with Crippen LogP contribution in [0.5, 0.6) is 11.5 Å². The van der Waals surface area contributed by atoms with Crippen molar-refractivity contribution in [3.8, 4) is 33.8 Å². The molecule has 12 nitrogen and oxygen atoms in total. The van der Waals surface area contributed by atoms with Crippen LogP contribution in [0.4, 0.5) is 0 Å². The zero-order valence-electron chi connectivity index (χ0n) is 25.3. The van der Waals surface area contributed by atoms with Gasteiger partial charge in [0.15, 0.2) is 0 Å². The second-order valence-corrected chi connectivity index (χ2v) is 13.3. The topological polar surface area (TPSA) is 212 Å². The van der Waals surface area contributed by atoms with Crippen LogP contribution in [-0.4, -0.2) is 45.9 Å². The Morgan fingerprint density at radius 1 is 0.479 bits per heavy atom. The third-order valence-electron chi connectivity index (χ3n) is 7.54. The predicted octanol–water partition coefficient (Wildman–Crippen LogP) is -1.36. The fraction of sp³-hybridized carbons (Fsp3) is 0. The summed E-state index contributed by atoms with van der Waals surface area (Å²) in [6, 6.07) is 17.3. The first-order valence-electron chi connectivity index (χ1n) is 13.5. The molecule has 5 heterocycles. The molecule has 2 aliphatic rings. The average molecular weight is 699 g/mol. The molecule has 2 aliphatic heterocycles. The zero-order valence-corrected chi connectivity index (χ0v) is 30.9. The maximum Gasteiger partial charge on any atom is 1.00 e. The van der Waals surface area contributed by atoms with Crippen molar-refractivity contribution in [1.29, 1.82) is 0 Å².